The minimum Gasteiger partial charge on any atom is -0.492 e. The molecule has 1 heterocycles. The average molecular weight is 386 g/mol. The van der Waals surface area contributed by atoms with Gasteiger partial charge in [0.25, 0.3) is 5.91 Å². The van der Waals surface area contributed by atoms with Gasteiger partial charge < -0.3 is 10.1 Å². The minimum atomic E-state index is -0.180. The third kappa shape index (κ3) is 4.02. The fourth-order valence-electron chi connectivity index (χ4n) is 2.27. The zero-order chi connectivity index (χ0) is 16.8. The third-order valence-electron chi connectivity index (χ3n) is 3.40. The van der Waals surface area contributed by atoms with Crippen molar-refractivity contribution < 1.29 is 9.53 Å². The van der Waals surface area contributed by atoms with Gasteiger partial charge in [-0.2, -0.15) is 5.10 Å². The summed E-state index contributed by atoms with van der Waals surface area (Å²) >= 11 is 3.39. The molecule has 0 fully saturated rings. The number of aromatic nitrogens is 2. The number of halogens is 1. The van der Waals surface area contributed by atoms with Crippen LogP contribution in [0.1, 0.15) is 10.4 Å². The minimum absolute atomic E-state index is 0.180. The van der Waals surface area contributed by atoms with Crippen molar-refractivity contribution in [1.82, 2.24) is 15.5 Å². The smallest absolute Gasteiger partial charge is 0.255 e. The van der Waals surface area contributed by atoms with Gasteiger partial charge in [0.05, 0.1) is 24.0 Å². The van der Waals surface area contributed by atoms with Crippen LogP contribution in [-0.4, -0.2) is 29.3 Å². The van der Waals surface area contributed by atoms with E-state index in [0.29, 0.717) is 24.4 Å². The molecule has 0 unspecified atom stereocenters. The highest BCUT2D eigenvalue weighted by molar-refractivity contribution is 9.10. The number of carbonyl (C=O) groups excluding carboxylic acids is 1. The van der Waals surface area contributed by atoms with Gasteiger partial charge in [0, 0.05) is 10.0 Å². The normalized spacial score (nSPS) is 10.4. The lowest BCUT2D eigenvalue weighted by atomic mass is 10.1. The molecule has 5 nitrogen and oxygen atoms in total. The fraction of sp³-hybridized carbons (Fsp3) is 0.111. The van der Waals surface area contributed by atoms with Crippen LogP contribution in [0.5, 0.6) is 5.75 Å². The summed E-state index contributed by atoms with van der Waals surface area (Å²) in [6.45, 7) is 0.797. The summed E-state index contributed by atoms with van der Waals surface area (Å²) in [6.07, 6.45) is 1.53. The van der Waals surface area contributed by atoms with Crippen molar-refractivity contribution in [2.75, 3.05) is 13.2 Å². The van der Waals surface area contributed by atoms with E-state index in [-0.39, 0.29) is 5.91 Å². The first-order valence-electron chi connectivity index (χ1n) is 7.49. The van der Waals surface area contributed by atoms with Gasteiger partial charge in [-0.3, -0.25) is 9.89 Å². The first-order chi connectivity index (χ1) is 11.7. The first-order valence-corrected chi connectivity index (χ1v) is 8.28. The summed E-state index contributed by atoms with van der Waals surface area (Å²) in [5, 5.41) is 9.71. The Kier molecular flexibility index (Phi) is 5.28. The molecule has 0 saturated carbocycles. The second kappa shape index (κ2) is 7.79. The molecule has 0 atom stereocenters. The molecule has 2 aromatic carbocycles. The Hall–Kier alpha value is -2.60. The van der Waals surface area contributed by atoms with Gasteiger partial charge >= 0.3 is 0 Å². The van der Waals surface area contributed by atoms with E-state index in [4.69, 9.17) is 4.74 Å². The first kappa shape index (κ1) is 16.3. The molecule has 24 heavy (non-hydrogen) atoms. The Morgan fingerprint density at radius 3 is 2.79 bits per heavy atom. The van der Waals surface area contributed by atoms with E-state index in [1.54, 1.807) is 0 Å². The fourth-order valence-corrected chi connectivity index (χ4v) is 2.65. The molecule has 0 saturated heterocycles. The number of benzene rings is 2. The highest BCUT2D eigenvalue weighted by Gasteiger charge is 2.14. The van der Waals surface area contributed by atoms with Crippen LogP contribution in [0.15, 0.2) is 65.3 Å². The lowest BCUT2D eigenvalue weighted by molar-refractivity contribution is 0.0947. The van der Waals surface area contributed by atoms with E-state index in [0.717, 1.165) is 15.8 Å². The standard InChI is InChI=1S/C18H16BrN3O2/c19-14-7-4-8-15(11-14)24-10-9-20-18(23)16-12-21-22-17(16)13-5-2-1-3-6-13/h1-8,11-12H,9-10H2,(H,20,23)(H,21,22). The number of aromatic amines is 1. The van der Waals surface area contributed by atoms with Crippen molar-refractivity contribution in [2.24, 2.45) is 0 Å². The molecule has 6 heteroatoms. The Labute approximate surface area is 148 Å². The SMILES string of the molecule is O=C(NCCOc1cccc(Br)c1)c1cn[nH]c1-c1ccccc1. The lowest BCUT2D eigenvalue weighted by Gasteiger charge is -2.08. The van der Waals surface area contributed by atoms with E-state index in [1.165, 1.54) is 6.20 Å². The van der Waals surface area contributed by atoms with Gasteiger partial charge in [-0.15, -0.1) is 0 Å². The number of rotatable bonds is 6. The third-order valence-corrected chi connectivity index (χ3v) is 3.89. The number of H-pyrrole nitrogens is 1. The Bertz CT molecular complexity index is 818. The Morgan fingerprint density at radius 1 is 1.17 bits per heavy atom. The van der Waals surface area contributed by atoms with Crippen LogP contribution in [0.25, 0.3) is 11.3 Å². The quantitative estimate of drug-likeness (QED) is 0.636. The van der Waals surface area contributed by atoms with Crippen LogP contribution in [0.4, 0.5) is 0 Å². The molecule has 0 radical (unpaired) electrons. The molecule has 3 rings (SSSR count). The summed E-state index contributed by atoms with van der Waals surface area (Å²) in [5.41, 5.74) is 2.15. The second-order valence-electron chi connectivity index (χ2n) is 5.09. The van der Waals surface area contributed by atoms with Gasteiger partial charge in [-0.05, 0) is 18.2 Å². The summed E-state index contributed by atoms with van der Waals surface area (Å²) in [7, 11) is 0. The predicted octanol–water partition coefficient (Wildman–Crippen LogP) is 3.65. The second-order valence-corrected chi connectivity index (χ2v) is 6.00. The number of nitrogens with zero attached hydrogens (tertiary/aromatic N) is 1. The number of amides is 1. The van der Waals surface area contributed by atoms with Crippen molar-refractivity contribution in [2.45, 2.75) is 0 Å². The summed E-state index contributed by atoms with van der Waals surface area (Å²) in [5.74, 6) is 0.576. The maximum absolute atomic E-state index is 12.3. The van der Waals surface area contributed by atoms with E-state index in [2.05, 4.69) is 31.4 Å². The summed E-state index contributed by atoms with van der Waals surface area (Å²) in [4.78, 5) is 12.3. The van der Waals surface area contributed by atoms with Crippen LogP contribution in [0.2, 0.25) is 0 Å². The van der Waals surface area contributed by atoms with E-state index in [9.17, 15) is 4.79 Å². The molecule has 0 aliphatic rings. The molecule has 3 aromatic rings. The monoisotopic (exact) mass is 385 g/mol. The van der Waals surface area contributed by atoms with E-state index in [1.807, 2.05) is 54.6 Å². The lowest BCUT2D eigenvalue weighted by Crippen LogP contribution is -2.28. The van der Waals surface area contributed by atoms with Gasteiger partial charge in [0.15, 0.2) is 0 Å². The molecule has 0 aliphatic carbocycles. The van der Waals surface area contributed by atoms with Crippen molar-refractivity contribution >= 4 is 21.8 Å². The average Bonchev–Trinajstić information content (AvgIpc) is 3.09. The van der Waals surface area contributed by atoms with Crippen LogP contribution < -0.4 is 10.1 Å². The molecule has 0 aliphatic heterocycles. The van der Waals surface area contributed by atoms with Crippen molar-refractivity contribution in [3.8, 4) is 17.0 Å². The molecular formula is C18H16BrN3O2. The largest absolute Gasteiger partial charge is 0.492 e. The molecule has 1 aromatic heterocycles. The van der Waals surface area contributed by atoms with Crippen molar-refractivity contribution in [3.05, 3.63) is 70.8 Å². The number of hydrogen-bond acceptors (Lipinski definition) is 3. The molecule has 0 spiro atoms. The maximum Gasteiger partial charge on any atom is 0.255 e. The predicted molar refractivity (Wildman–Crippen MR) is 96.0 cm³/mol. The van der Waals surface area contributed by atoms with Crippen LogP contribution >= 0.6 is 15.9 Å². The van der Waals surface area contributed by atoms with Crippen molar-refractivity contribution in [3.63, 3.8) is 0 Å². The molecule has 1 amide bonds. The number of hydrogen-bond donors (Lipinski definition) is 2. The Balaban J connectivity index is 1.56. The Morgan fingerprint density at radius 2 is 2.00 bits per heavy atom. The zero-order valence-corrected chi connectivity index (χ0v) is 14.4. The molecule has 2 N–H and O–H groups in total. The summed E-state index contributed by atoms with van der Waals surface area (Å²) < 4.78 is 6.55. The highest BCUT2D eigenvalue weighted by Crippen LogP contribution is 2.20. The maximum atomic E-state index is 12.3. The number of nitrogens with one attached hydrogen (secondary N) is 2. The number of ether oxygens (including phenoxy) is 1. The van der Waals surface area contributed by atoms with Gasteiger partial charge in [0.2, 0.25) is 0 Å². The van der Waals surface area contributed by atoms with Crippen LogP contribution in [0.3, 0.4) is 0 Å². The van der Waals surface area contributed by atoms with Gasteiger partial charge in [-0.25, -0.2) is 0 Å². The zero-order valence-electron chi connectivity index (χ0n) is 12.8. The highest BCUT2D eigenvalue weighted by atomic mass is 79.9. The molecule has 0 bridgehead atoms. The van der Waals surface area contributed by atoms with Crippen molar-refractivity contribution in [1.29, 1.82) is 0 Å². The topological polar surface area (TPSA) is 67.0 Å². The van der Waals surface area contributed by atoms with Crippen LogP contribution in [0, 0.1) is 0 Å². The number of carbonyl (C=O) groups is 1. The van der Waals surface area contributed by atoms with E-state index < -0.39 is 0 Å². The summed E-state index contributed by atoms with van der Waals surface area (Å²) in [6, 6.07) is 17.2. The molecular weight excluding hydrogens is 370 g/mol. The van der Waals surface area contributed by atoms with E-state index >= 15 is 0 Å². The van der Waals surface area contributed by atoms with Crippen LogP contribution in [-0.2, 0) is 0 Å². The molecule has 122 valence electrons. The van der Waals surface area contributed by atoms with Gasteiger partial charge in [0.1, 0.15) is 12.4 Å². The van der Waals surface area contributed by atoms with Gasteiger partial charge in [-0.1, -0.05) is 52.3 Å².